The van der Waals surface area contributed by atoms with Gasteiger partial charge in [-0.25, -0.2) is 4.68 Å². The number of aliphatic hydroxyl groups excluding tert-OH is 1. The Kier molecular flexibility index (Phi) is 4.10. The van der Waals surface area contributed by atoms with E-state index in [1.807, 2.05) is 47.1 Å². The number of halogens is 1. The van der Waals surface area contributed by atoms with Crippen LogP contribution in [0.25, 0.3) is 16.9 Å². The van der Waals surface area contributed by atoms with Gasteiger partial charge in [0, 0.05) is 35.2 Å². The summed E-state index contributed by atoms with van der Waals surface area (Å²) in [7, 11) is 0. The van der Waals surface area contributed by atoms with E-state index in [1.54, 1.807) is 0 Å². The van der Waals surface area contributed by atoms with Crippen molar-refractivity contribution in [3.63, 3.8) is 0 Å². The molecule has 1 unspecified atom stereocenters. The summed E-state index contributed by atoms with van der Waals surface area (Å²) in [6.07, 6.45) is 0.734. The monoisotopic (exact) mass is 339 g/mol. The van der Waals surface area contributed by atoms with Crippen molar-refractivity contribution in [3.05, 3.63) is 70.9 Å². The summed E-state index contributed by atoms with van der Waals surface area (Å²) in [6.45, 7) is 0.812. The largest absolute Gasteiger partial charge is 0.395 e. The first kappa shape index (κ1) is 15.4. The zero-order valence-electron chi connectivity index (χ0n) is 13.1. The van der Waals surface area contributed by atoms with E-state index >= 15 is 0 Å². The molecule has 4 nitrogen and oxygen atoms in total. The number of nitrogens with one attached hydrogen (secondary N) is 1. The third-order valence-corrected chi connectivity index (χ3v) is 4.65. The first-order valence-corrected chi connectivity index (χ1v) is 8.40. The van der Waals surface area contributed by atoms with Gasteiger partial charge in [-0.15, -0.1) is 0 Å². The fourth-order valence-electron chi connectivity index (χ4n) is 3.21. The third-order valence-electron chi connectivity index (χ3n) is 4.42. The quantitative estimate of drug-likeness (QED) is 0.770. The standard InChI is InChI=1S/C19H18ClN3O/c20-14-7-4-8-16(9-14)23-18-10-15(12-24)21-11-17(18)19(22-23)13-5-2-1-3-6-13/h1-9,15,21,24H,10-12H2. The summed E-state index contributed by atoms with van der Waals surface area (Å²) in [5, 5.41) is 18.5. The van der Waals surface area contributed by atoms with Gasteiger partial charge in [0.05, 0.1) is 23.7 Å². The Balaban J connectivity index is 1.89. The highest BCUT2D eigenvalue weighted by molar-refractivity contribution is 6.30. The average Bonchev–Trinajstić information content (AvgIpc) is 3.01. The minimum absolute atomic E-state index is 0.0516. The number of benzene rings is 2. The normalized spacial score (nSPS) is 16.8. The summed E-state index contributed by atoms with van der Waals surface area (Å²) in [5.74, 6) is 0. The van der Waals surface area contributed by atoms with E-state index in [9.17, 15) is 5.11 Å². The highest BCUT2D eigenvalue weighted by Crippen LogP contribution is 2.31. The van der Waals surface area contributed by atoms with Crippen molar-refractivity contribution in [2.45, 2.75) is 19.0 Å². The molecule has 0 saturated heterocycles. The Morgan fingerprint density at radius 2 is 2.00 bits per heavy atom. The van der Waals surface area contributed by atoms with Crippen LogP contribution in [0, 0.1) is 0 Å². The van der Waals surface area contributed by atoms with E-state index in [0.29, 0.717) is 11.6 Å². The van der Waals surface area contributed by atoms with Crippen molar-refractivity contribution in [3.8, 4) is 16.9 Å². The molecule has 0 radical (unpaired) electrons. The summed E-state index contributed by atoms with van der Waals surface area (Å²) >= 11 is 6.16. The van der Waals surface area contributed by atoms with Crippen LogP contribution in [-0.4, -0.2) is 27.5 Å². The van der Waals surface area contributed by atoms with Gasteiger partial charge in [0.15, 0.2) is 0 Å². The van der Waals surface area contributed by atoms with Gasteiger partial charge in [-0.1, -0.05) is 48.0 Å². The first-order chi connectivity index (χ1) is 11.8. The smallest absolute Gasteiger partial charge is 0.0975 e. The van der Waals surface area contributed by atoms with Crippen LogP contribution in [-0.2, 0) is 13.0 Å². The summed E-state index contributed by atoms with van der Waals surface area (Å²) < 4.78 is 1.97. The van der Waals surface area contributed by atoms with Crippen LogP contribution in [0.5, 0.6) is 0 Å². The predicted molar refractivity (Wildman–Crippen MR) is 95.4 cm³/mol. The Morgan fingerprint density at radius 1 is 1.17 bits per heavy atom. The minimum atomic E-state index is 0.0516. The lowest BCUT2D eigenvalue weighted by Gasteiger charge is -2.23. The van der Waals surface area contributed by atoms with E-state index in [1.165, 1.54) is 5.56 Å². The van der Waals surface area contributed by atoms with Crippen molar-refractivity contribution in [2.24, 2.45) is 0 Å². The number of aliphatic hydroxyl groups is 1. The number of fused-ring (bicyclic) bond motifs is 1. The fraction of sp³-hybridized carbons (Fsp3) is 0.211. The van der Waals surface area contributed by atoms with Gasteiger partial charge >= 0.3 is 0 Å². The molecular weight excluding hydrogens is 322 g/mol. The lowest BCUT2D eigenvalue weighted by molar-refractivity contribution is 0.234. The van der Waals surface area contributed by atoms with Crippen LogP contribution in [0.15, 0.2) is 54.6 Å². The van der Waals surface area contributed by atoms with Crippen LogP contribution in [0.3, 0.4) is 0 Å². The summed E-state index contributed by atoms with van der Waals surface area (Å²) in [6, 6.07) is 17.9. The number of rotatable bonds is 3. The third kappa shape index (κ3) is 2.73. The maximum Gasteiger partial charge on any atom is 0.0975 e. The van der Waals surface area contributed by atoms with Gasteiger partial charge in [0.1, 0.15) is 0 Å². The van der Waals surface area contributed by atoms with Gasteiger partial charge < -0.3 is 10.4 Å². The Bertz CT molecular complexity index is 860. The van der Waals surface area contributed by atoms with E-state index in [0.717, 1.165) is 29.1 Å². The molecule has 0 amide bonds. The number of aromatic nitrogens is 2. The zero-order chi connectivity index (χ0) is 16.5. The molecule has 1 atom stereocenters. The predicted octanol–water partition coefficient (Wildman–Crippen LogP) is 3.20. The number of hydrogen-bond acceptors (Lipinski definition) is 3. The highest BCUT2D eigenvalue weighted by Gasteiger charge is 2.26. The summed E-state index contributed by atoms with van der Waals surface area (Å²) in [5.41, 5.74) is 5.34. The molecule has 0 aliphatic carbocycles. The number of nitrogens with zero attached hydrogens (tertiary/aromatic N) is 2. The van der Waals surface area contributed by atoms with Crippen molar-refractivity contribution in [1.82, 2.24) is 15.1 Å². The molecule has 24 heavy (non-hydrogen) atoms. The van der Waals surface area contributed by atoms with Crippen LogP contribution in [0.1, 0.15) is 11.3 Å². The second-order valence-electron chi connectivity index (χ2n) is 6.00. The molecular formula is C19H18ClN3O. The molecule has 0 bridgehead atoms. The van der Waals surface area contributed by atoms with Crippen molar-refractivity contribution in [1.29, 1.82) is 0 Å². The number of hydrogen-bond donors (Lipinski definition) is 2. The molecule has 1 aliphatic rings. The maximum absolute atomic E-state index is 9.53. The second kappa shape index (κ2) is 6.40. The molecule has 2 aromatic carbocycles. The van der Waals surface area contributed by atoms with Crippen LogP contribution < -0.4 is 5.32 Å². The molecule has 1 aromatic heterocycles. The van der Waals surface area contributed by atoms with E-state index in [2.05, 4.69) is 17.4 Å². The Morgan fingerprint density at radius 3 is 2.75 bits per heavy atom. The minimum Gasteiger partial charge on any atom is -0.395 e. The van der Waals surface area contributed by atoms with Crippen molar-refractivity contribution in [2.75, 3.05) is 6.61 Å². The van der Waals surface area contributed by atoms with Gasteiger partial charge in [-0.2, -0.15) is 5.10 Å². The van der Waals surface area contributed by atoms with Crippen molar-refractivity contribution >= 4 is 11.6 Å². The molecule has 1 aliphatic heterocycles. The molecule has 0 fully saturated rings. The Labute approximate surface area is 145 Å². The molecule has 122 valence electrons. The highest BCUT2D eigenvalue weighted by atomic mass is 35.5. The molecule has 5 heteroatoms. The average molecular weight is 340 g/mol. The lowest BCUT2D eigenvalue weighted by Crippen LogP contribution is -2.38. The van der Waals surface area contributed by atoms with Gasteiger partial charge in [-0.3, -0.25) is 0 Å². The molecule has 0 saturated carbocycles. The zero-order valence-corrected chi connectivity index (χ0v) is 13.9. The maximum atomic E-state index is 9.53. The van der Waals surface area contributed by atoms with Gasteiger partial charge in [0.2, 0.25) is 0 Å². The summed E-state index contributed by atoms with van der Waals surface area (Å²) in [4.78, 5) is 0. The van der Waals surface area contributed by atoms with Crippen LogP contribution in [0.4, 0.5) is 0 Å². The Hall–Kier alpha value is -2.14. The van der Waals surface area contributed by atoms with Crippen LogP contribution >= 0.6 is 11.6 Å². The molecule has 2 N–H and O–H groups in total. The SMILES string of the molecule is OCC1Cc2c(c(-c3ccccc3)nn2-c2cccc(Cl)c2)CN1. The molecule has 2 heterocycles. The molecule has 3 aromatic rings. The fourth-order valence-corrected chi connectivity index (χ4v) is 3.40. The van der Waals surface area contributed by atoms with Gasteiger partial charge in [0.25, 0.3) is 0 Å². The van der Waals surface area contributed by atoms with E-state index in [-0.39, 0.29) is 12.6 Å². The van der Waals surface area contributed by atoms with E-state index < -0.39 is 0 Å². The first-order valence-electron chi connectivity index (χ1n) is 8.02. The molecule has 0 spiro atoms. The van der Waals surface area contributed by atoms with E-state index in [4.69, 9.17) is 16.7 Å². The second-order valence-corrected chi connectivity index (χ2v) is 6.43. The lowest BCUT2D eigenvalue weighted by atomic mass is 9.98. The van der Waals surface area contributed by atoms with Crippen molar-refractivity contribution < 1.29 is 5.11 Å². The van der Waals surface area contributed by atoms with Gasteiger partial charge in [-0.05, 0) is 18.2 Å². The van der Waals surface area contributed by atoms with Crippen LogP contribution in [0.2, 0.25) is 5.02 Å². The molecule has 4 rings (SSSR count). The topological polar surface area (TPSA) is 50.1 Å².